The van der Waals surface area contributed by atoms with E-state index in [9.17, 15) is 9.59 Å². The lowest BCUT2D eigenvalue weighted by molar-refractivity contribution is -0.113. The van der Waals surface area contributed by atoms with E-state index < -0.39 is 0 Å². The molecule has 0 aliphatic carbocycles. The Morgan fingerprint density at radius 1 is 1.00 bits per heavy atom. The highest BCUT2D eigenvalue weighted by atomic mass is 16.1. The summed E-state index contributed by atoms with van der Waals surface area (Å²) in [5.41, 5.74) is 0. The molecule has 0 radical (unpaired) electrons. The number of nitrogens with one attached hydrogen (secondary N) is 1. The number of hydrogen-bond donors (Lipinski definition) is 1. The standard InChI is InChI=1S/C16H30N2O2/c19-14-11-17-10-6-3-1-2-4-7-12-18-13-8-5-9-16(18)15-20/h14-17H,1-13H2/t16-/m1/s1. The summed E-state index contributed by atoms with van der Waals surface area (Å²) in [6, 6.07) is 0.188. The Labute approximate surface area is 123 Å². The number of likely N-dealkylation sites (tertiary alicyclic amines) is 1. The summed E-state index contributed by atoms with van der Waals surface area (Å²) in [4.78, 5) is 23.4. The average Bonchev–Trinajstić information content (AvgIpc) is 2.49. The molecule has 0 aromatic heterocycles. The SMILES string of the molecule is O=CCNCCCCCCCCN1CCCC[C@@H]1C=O. The Bertz CT molecular complexity index is 259. The van der Waals surface area contributed by atoms with E-state index in [-0.39, 0.29) is 6.04 Å². The molecule has 116 valence electrons. The molecule has 1 saturated heterocycles. The van der Waals surface area contributed by atoms with Crippen LogP contribution in [0.25, 0.3) is 0 Å². The zero-order valence-corrected chi connectivity index (χ0v) is 12.7. The van der Waals surface area contributed by atoms with Gasteiger partial charge in [0.1, 0.15) is 12.6 Å². The van der Waals surface area contributed by atoms with E-state index >= 15 is 0 Å². The van der Waals surface area contributed by atoms with Crippen molar-refractivity contribution in [2.24, 2.45) is 0 Å². The molecule has 1 heterocycles. The van der Waals surface area contributed by atoms with Gasteiger partial charge in [0.25, 0.3) is 0 Å². The highest BCUT2D eigenvalue weighted by molar-refractivity contribution is 5.57. The van der Waals surface area contributed by atoms with Crippen molar-refractivity contribution < 1.29 is 9.59 Å². The van der Waals surface area contributed by atoms with Crippen LogP contribution in [0.4, 0.5) is 0 Å². The van der Waals surface area contributed by atoms with Crippen LogP contribution in [0.2, 0.25) is 0 Å². The van der Waals surface area contributed by atoms with E-state index in [1.807, 2.05) is 0 Å². The maximum Gasteiger partial charge on any atom is 0.137 e. The van der Waals surface area contributed by atoms with Crippen molar-refractivity contribution in [3.8, 4) is 0 Å². The van der Waals surface area contributed by atoms with Gasteiger partial charge in [-0.05, 0) is 45.3 Å². The van der Waals surface area contributed by atoms with Gasteiger partial charge in [0.05, 0.1) is 12.6 Å². The molecule has 20 heavy (non-hydrogen) atoms. The Morgan fingerprint density at radius 3 is 2.50 bits per heavy atom. The Kier molecular flexibility index (Phi) is 10.4. The molecule has 0 aromatic rings. The number of carbonyl (C=O) groups is 2. The molecular formula is C16H30N2O2. The maximum atomic E-state index is 11.0. The van der Waals surface area contributed by atoms with E-state index in [2.05, 4.69) is 10.2 Å². The molecule has 0 saturated carbocycles. The van der Waals surface area contributed by atoms with Crippen LogP contribution in [0.5, 0.6) is 0 Å². The van der Waals surface area contributed by atoms with Crippen molar-refractivity contribution in [2.45, 2.75) is 63.8 Å². The Hall–Kier alpha value is -0.740. The number of rotatable bonds is 12. The minimum absolute atomic E-state index is 0.188. The lowest BCUT2D eigenvalue weighted by Crippen LogP contribution is -2.40. The van der Waals surface area contributed by atoms with Gasteiger partial charge in [0.15, 0.2) is 0 Å². The van der Waals surface area contributed by atoms with Crippen molar-refractivity contribution in [1.82, 2.24) is 10.2 Å². The van der Waals surface area contributed by atoms with Gasteiger partial charge in [-0.2, -0.15) is 0 Å². The smallest absolute Gasteiger partial charge is 0.137 e. The maximum absolute atomic E-state index is 11.0. The molecule has 1 rings (SSSR count). The average molecular weight is 282 g/mol. The fourth-order valence-corrected chi connectivity index (χ4v) is 2.88. The summed E-state index contributed by atoms with van der Waals surface area (Å²) in [7, 11) is 0. The van der Waals surface area contributed by atoms with E-state index in [1.54, 1.807) is 0 Å². The molecule has 0 unspecified atom stereocenters. The van der Waals surface area contributed by atoms with Gasteiger partial charge in [0, 0.05) is 0 Å². The summed E-state index contributed by atoms with van der Waals surface area (Å²) >= 11 is 0. The Morgan fingerprint density at radius 2 is 1.75 bits per heavy atom. The lowest BCUT2D eigenvalue weighted by Gasteiger charge is -2.32. The molecule has 0 spiro atoms. The van der Waals surface area contributed by atoms with Crippen molar-refractivity contribution in [1.29, 1.82) is 0 Å². The first-order valence-corrected chi connectivity index (χ1v) is 8.22. The second kappa shape index (κ2) is 12.0. The third-order valence-electron chi connectivity index (χ3n) is 4.10. The second-order valence-electron chi connectivity index (χ2n) is 5.73. The molecular weight excluding hydrogens is 252 g/mol. The second-order valence-corrected chi connectivity index (χ2v) is 5.73. The molecule has 0 aromatic carbocycles. The molecule has 4 heteroatoms. The number of nitrogens with zero attached hydrogens (tertiary/aromatic N) is 1. The van der Waals surface area contributed by atoms with Crippen LogP contribution in [0, 0.1) is 0 Å². The first kappa shape index (κ1) is 17.3. The van der Waals surface area contributed by atoms with Crippen molar-refractivity contribution in [3.05, 3.63) is 0 Å². The molecule has 1 N–H and O–H groups in total. The predicted octanol–water partition coefficient (Wildman–Crippen LogP) is 2.17. The highest BCUT2D eigenvalue weighted by Gasteiger charge is 2.20. The predicted molar refractivity (Wildman–Crippen MR) is 81.9 cm³/mol. The molecule has 4 nitrogen and oxygen atoms in total. The van der Waals surface area contributed by atoms with Crippen LogP contribution in [-0.2, 0) is 9.59 Å². The van der Waals surface area contributed by atoms with Gasteiger partial charge < -0.3 is 14.9 Å². The molecule has 1 fully saturated rings. The Balaban J connectivity index is 1.88. The number of carbonyl (C=O) groups excluding carboxylic acids is 2. The summed E-state index contributed by atoms with van der Waals surface area (Å²) in [5.74, 6) is 0. The van der Waals surface area contributed by atoms with Gasteiger partial charge >= 0.3 is 0 Å². The van der Waals surface area contributed by atoms with Crippen molar-refractivity contribution in [3.63, 3.8) is 0 Å². The molecule has 0 bridgehead atoms. The normalized spacial score (nSPS) is 19.9. The minimum atomic E-state index is 0.188. The summed E-state index contributed by atoms with van der Waals surface area (Å²) in [6.07, 6.45) is 13.0. The zero-order chi connectivity index (χ0) is 14.5. The number of unbranched alkanes of at least 4 members (excludes halogenated alkanes) is 5. The van der Waals surface area contributed by atoms with Crippen LogP contribution in [0.15, 0.2) is 0 Å². The van der Waals surface area contributed by atoms with Crippen LogP contribution >= 0.6 is 0 Å². The van der Waals surface area contributed by atoms with Crippen LogP contribution < -0.4 is 5.32 Å². The fraction of sp³-hybridized carbons (Fsp3) is 0.875. The van der Waals surface area contributed by atoms with Gasteiger partial charge in [-0.15, -0.1) is 0 Å². The van der Waals surface area contributed by atoms with Crippen LogP contribution in [0.3, 0.4) is 0 Å². The van der Waals surface area contributed by atoms with E-state index in [0.29, 0.717) is 6.54 Å². The molecule has 1 aliphatic heterocycles. The summed E-state index contributed by atoms with van der Waals surface area (Å²) in [6.45, 7) is 3.62. The first-order chi connectivity index (χ1) is 9.88. The minimum Gasteiger partial charge on any atom is -0.310 e. The summed E-state index contributed by atoms with van der Waals surface area (Å²) in [5, 5.41) is 3.08. The highest BCUT2D eigenvalue weighted by Crippen LogP contribution is 2.16. The van der Waals surface area contributed by atoms with E-state index in [1.165, 1.54) is 44.9 Å². The monoisotopic (exact) mass is 282 g/mol. The van der Waals surface area contributed by atoms with Crippen molar-refractivity contribution in [2.75, 3.05) is 26.2 Å². The third kappa shape index (κ3) is 7.75. The van der Waals surface area contributed by atoms with Gasteiger partial charge in [-0.1, -0.05) is 32.1 Å². The lowest BCUT2D eigenvalue weighted by atomic mass is 10.0. The first-order valence-electron chi connectivity index (χ1n) is 8.22. The zero-order valence-electron chi connectivity index (χ0n) is 12.7. The van der Waals surface area contributed by atoms with Crippen LogP contribution in [-0.4, -0.2) is 49.7 Å². The van der Waals surface area contributed by atoms with Crippen LogP contribution in [0.1, 0.15) is 57.8 Å². The molecule has 1 atom stereocenters. The van der Waals surface area contributed by atoms with Crippen molar-refractivity contribution >= 4 is 12.6 Å². The fourth-order valence-electron chi connectivity index (χ4n) is 2.88. The topological polar surface area (TPSA) is 49.4 Å². The summed E-state index contributed by atoms with van der Waals surface area (Å²) < 4.78 is 0. The largest absolute Gasteiger partial charge is 0.310 e. The van der Waals surface area contributed by atoms with Gasteiger partial charge in [-0.25, -0.2) is 0 Å². The number of hydrogen-bond acceptors (Lipinski definition) is 4. The van der Waals surface area contributed by atoms with E-state index in [4.69, 9.17) is 0 Å². The number of piperidine rings is 1. The molecule has 0 amide bonds. The third-order valence-corrected chi connectivity index (χ3v) is 4.10. The molecule has 1 aliphatic rings. The quantitative estimate of drug-likeness (QED) is 0.440. The van der Waals surface area contributed by atoms with Gasteiger partial charge in [-0.3, -0.25) is 4.90 Å². The van der Waals surface area contributed by atoms with E-state index in [0.717, 1.165) is 45.0 Å². The van der Waals surface area contributed by atoms with Gasteiger partial charge in [0.2, 0.25) is 0 Å². The number of aldehydes is 2.